The highest BCUT2D eigenvalue weighted by molar-refractivity contribution is 7.91. The third-order valence-electron chi connectivity index (χ3n) is 4.06. The number of hydrogen-bond acceptors (Lipinski definition) is 5. The van der Waals surface area contributed by atoms with Gasteiger partial charge < -0.3 is 4.57 Å². The molecule has 124 valence electrons. The quantitative estimate of drug-likeness (QED) is 0.696. The van der Waals surface area contributed by atoms with Crippen LogP contribution >= 0.6 is 0 Å². The van der Waals surface area contributed by atoms with Gasteiger partial charge in [-0.2, -0.15) is 0 Å². The van der Waals surface area contributed by atoms with Gasteiger partial charge in [0.05, 0.1) is 24.0 Å². The topological polar surface area (TPSA) is 82.7 Å². The van der Waals surface area contributed by atoms with Gasteiger partial charge in [-0.25, -0.2) is 17.8 Å². The standard InChI is InChI=1S/C15H14FN5O2S/c16-11-1-3-12(4-2-11)21-10-17-9-13(21)15-19-18-14-5-7-24(22,23)8-6-20(14)15/h1-4,9-10H,5-8H2. The van der Waals surface area contributed by atoms with Crippen molar-refractivity contribution in [3.8, 4) is 17.2 Å². The molecule has 0 fully saturated rings. The Balaban J connectivity index is 1.79. The van der Waals surface area contributed by atoms with E-state index in [0.717, 1.165) is 5.69 Å². The lowest BCUT2D eigenvalue weighted by atomic mass is 10.3. The summed E-state index contributed by atoms with van der Waals surface area (Å²) in [4.78, 5) is 4.15. The maximum atomic E-state index is 13.1. The Morgan fingerprint density at radius 3 is 2.67 bits per heavy atom. The van der Waals surface area contributed by atoms with Gasteiger partial charge in [-0.15, -0.1) is 10.2 Å². The van der Waals surface area contributed by atoms with Crippen LogP contribution < -0.4 is 0 Å². The molecule has 0 atom stereocenters. The summed E-state index contributed by atoms with van der Waals surface area (Å²) in [5, 5.41) is 8.35. The van der Waals surface area contributed by atoms with Crippen LogP contribution in [0.4, 0.5) is 4.39 Å². The number of aryl methyl sites for hydroxylation is 1. The monoisotopic (exact) mass is 347 g/mol. The maximum absolute atomic E-state index is 13.1. The van der Waals surface area contributed by atoms with Crippen LogP contribution in [0.2, 0.25) is 0 Å². The third-order valence-corrected chi connectivity index (χ3v) is 5.69. The van der Waals surface area contributed by atoms with Crippen LogP contribution in [0.25, 0.3) is 17.2 Å². The molecule has 9 heteroatoms. The molecule has 0 amide bonds. The Kier molecular flexibility index (Phi) is 3.45. The summed E-state index contributed by atoms with van der Waals surface area (Å²) in [5.74, 6) is 1.04. The van der Waals surface area contributed by atoms with Crippen LogP contribution in [-0.4, -0.2) is 44.2 Å². The van der Waals surface area contributed by atoms with Gasteiger partial charge in [-0.3, -0.25) is 4.57 Å². The molecule has 0 saturated heterocycles. The Hall–Kier alpha value is -2.55. The normalized spacial score (nSPS) is 16.5. The highest BCUT2D eigenvalue weighted by atomic mass is 32.2. The Bertz CT molecular complexity index is 991. The van der Waals surface area contributed by atoms with Gasteiger partial charge >= 0.3 is 0 Å². The van der Waals surface area contributed by atoms with Crippen molar-refractivity contribution in [1.82, 2.24) is 24.3 Å². The molecule has 0 aliphatic carbocycles. The molecule has 4 rings (SSSR count). The number of halogens is 1. The number of rotatable bonds is 2. The zero-order valence-electron chi connectivity index (χ0n) is 12.6. The molecule has 0 bridgehead atoms. The van der Waals surface area contributed by atoms with E-state index < -0.39 is 9.84 Å². The maximum Gasteiger partial charge on any atom is 0.182 e. The average molecular weight is 347 g/mol. The molecule has 3 aromatic rings. The minimum atomic E-state index is -3.06. The van der Waals surface area contributed by atoms with Crippen molar-refractivity contribution in [2.24, 2.45) is 0 Å². The van der Waals surface area contributed by atoms with Crippen molar-refractivity contribution in [2.45, 2.75) is 13.0 Å². The number of nitrogens with zero attached hydrogens (tertiary/aromatic N) is 5. The molecule has 0 radical (unpaired) electrons. The second-order valence-electron chi connectivity index (χ2n) is 5.62. The summed E-state index contributed by atoms with van der Waals surface area (Å²) in [7, 11) is -3.06. The van der Waals surface area contributed by atoms with E-state index in [4.69, 9.17) is 0 Å². The van der Waals surface area contributed by atoms with E-state index in [2.05, 4.69) is 15.2 Å². The first-order valence-corrected chi connectivity index (χ1v) is 9.27. The Morgan fingerprint density at radius 2 is 1.88 bits per heavy atom. The van der Waals surface area contributed by atoms with Crippen LogP contribution in [0.3, 0.4) is 0 Å². The number of aromatic nitrogens is 5. The van der Waals surface area contributed by atoms with Gasteiger partial charge in [-0.1, -0.05) is 0 Å². The fourth-order valence-corrected chi connectivity index (χ4v) is 3.95. The second kappa shape index (κ2) is 5.52. The summed E-state index contributed by atoms with van der Waals surface area (Å²) in [6, 6.07) is 6.03. The largest absolute Gasteiger partial charge is 0.309 e. The molecule has 1 aliphatic rings. The van der Waals surface area contributed by atoms with E-state index in [1.54, 1.807) is 29.2 Å². The summed E-state index contributed by atoms with van der Waals surface area (Å²) in [5.41, 5.74) is 1.42. The third kappa shape index (κ3) is 2.60. The number of sulfone groups is 1. The predicted octanol–water partition coefficient (Wildman–Crippen LogP) is 1.24. The lowest BCUT2D eigenvalue weighted by Gasteiger charge is -2.10. The predicted molar refractivity (Wildman–Crippen MR) is 84.9 cm³/mol. The van der Waals surface area contributed by atoms with Crippen LogP contribution in [0.1, 0.15) is 5.82 Å². The number of fused-ring (bicyclic) bond motifs is 1. The van der Waals surface area contributed by atoms with Gasteiger partial charge in [0.1, 0.15) is 17.3 Å². The molecule has 2 aromatic heterocycles. The van der Waals surface area contributed by atoms with Crippen molar-refractivity contribution in [3.63, 3.8) is 0 Å². The van der Waals surface area contributed by atoms with Gasteiger partial charge in [-0.05, 0) is 24.3 Å². The van der Waals surface area contributed by atoms with Gasteiger partial charge in [0.25, 0.3) is 0 Å². The molecule has 24 heavy (non-hydrogen) atoms. The smallest absolute Gasteiger partial charge is 0.182 e. The van der Waals surface area contributed by atoms with E-state index in [1.165, 1.54) is 12.1 Å². The highest BCUT2D eigenvalue weighted by Crippen LogP contribution is 2.23. The van der Waals surface area contributed by atoms with Crippen LogP contribution in [0.15, 0.2) is 36.8 Å². The molecule has 0 saturated carbocycles. The van der Waals surface area contributed by atoms with Crippen molar-refractivity contribution >= 4 is 9.84 Å². The molecule has 7 nitrogen and oxygen atoms in total. The summed E-state index contributed by atoms with van der Waals surface area (Å²) in [6.45, 7) is 0.314. The van der Waals surface area contributed by atoms with E-state index in [0.29, 0.717) is 30.3 Å². The van der Waals surface area contributed by atoms with E-state index in [1.807, 2.05) is 4.57 Å². The Morgan fingerprint density at radius 1 is 1.08 bits per heavy atom. The van der Waals surface area contributed by atoms with Crippen LogP contribution in [0.5, 0.6) is 0 Å². The van der Waals surface area contributed by atoms with Crippen LogP contribution in [-0.2, 0) is 22.8 Å². The van der Waals surface area contributed by atoms with Gasteiger partial charge in [0.15, 0.2) is 15.7 Å². The minimum Gasteiger partial charge on any atom is -0.309 e. The summed E-state index contributed by atoms with van der Waals surface area (Å²) >= 11 is 0. The van der Waals surface area contributed by atoms with Crippen molar-refractivity contribution < 1.29 is 12.8 Å². The zero-order valence-corrected chi connectivity index (χ0v) is 13.4. The Labute approximate surface area is 137 Å². The molecule has 3 heterocycles. The zero-order chi connectivity index (χ0) is 16.7. The van der Waals surface area contributed by atoms with Crippen molar-refractivity contribution in [1.29, 1.82) is 0 Å². The summed E-state index contributed by atoms with van der Waals surface area (Å²) in [6.07, 6.45) is 3.59. The highest BCUT2D eigenvalue weighted by Gasteiger charge is 2.24. The lowest BCUT2D eigenvalue weighted by molar-refractivity contribution is 0.593. The minimum absolute atomic E-state index is 0.0652. The first-order chi connectivity index (χ1) is 11.5. The van der Waals surface area contributed by atoms with E-state index in [-0.39, 0.29) is 17.3 Å². The summed E-state index contributed by atoms with van der Waals surface area (Å²) < 4.78 is 40.4. The average Bonchev–Trinajstić information content (AvgIpc) is 3.15. The molecule has 1 aliphatic heterocycles. The molecular weight excluding hydrogens is 333 g/mol. The van der Waals surface area contributed by atoms with E-state index in [9.17, 15) is 12.8 Å². The van der Waals surface area contributed by atoms with Crippen LogP contribution in [0, 0.1) is 5.82 Å². The first-order valence-electron chi connectivity index (χ1n) is 7.45. The fourth-order valence-electron chi connectivity index (χ4n) is 2.79. The molecular formula is C15H14FN5O2S. The molecule has 0 N–H and O–H groups in total. The number of hydrogen-bond donors (Lipinski definition) is 0. The van der Waals surface area contributed by atoms with Crippen molar-refractivity contribution in [3.05, 3.63) is 48.4 Å². The van der Waals surface area contributed by atoms with Gasteiger partial charge in [0, 0.05) is 18.7 Å². The number of imidazole rings is 1. The van der Waals surface area contributed by atoms with Gasteiger partial charge in [0.2, 0.25) is 0 Å². The van der Waals surface area contributed by atoms with Crippen molar-refractivity contribution in [2.75, 3.05) is 11.5 Å². The molecule has 0 unspecified atom stereocenters. The van der Waals surface area contributed by atoms with E-state index >= 15 is 0 Å². The lowest BCUT2D eigenvalue weighted by Crippen LogP contribution is -2.13. The molecule has 0 spiro atoms. The fraction of sp³-hybridized carbons (Fsp3) is 0.267. The molecule has 1 aromatic carbocycles. The second-order valence-corrected chi connectivity index (χ2v) is 7.92. The first kappa shape index (κ1) is 15.0. The SMILES string of the molecule is O=S1(=O)CCc2nnc(-c3cncn3-c3ccc(F)cc3)n2CC1. The number of benzene rings is 1.